The molecule has 21 heavy (non-hydrogen) atoms. The Kier molecular flexibility index (Phi) is 4.78. The van der Waals surface area contributed by atoms with E-state index in [9.17, 15) is 4.79 Å². The highest BCUT2D eigenvalue weighted by atomic mass is 79.9. The lowest BCUT2D eigenvalue weighted by Gasteiger charge is -2.10. The summed E-state index contributed by atoms with van der Waals surface area (Å²) in [6.07, 6.45) is 1.59. The Morgan fingerprint density at radius 3 is 2.81 bits per heavy atom. The summed E-state index contributed by atoms with van der Waals surface area (Å²) in [6, 6.07) is 8.31. The smallest absolute Gasteiger partial charge is 0.259 e. The highest BCUT2D eigenvalue weighted by Gasteiger charge is 2.14. The summed E-state index contributed by atoms with van der Waals surface area (Å²) in [7, 11) is 1.68. The highest BCUT2D eigenvalue weighted by molar-refractivity contribution is 9.10. The summed E-state index contributed by atoms with van der Waals surface area (Å²) >= 11 is 9.32. The zero-order chi connectivity index (χ0) is 15.4. The predicted molar refractivity (Wildman–Crippen MR) is 85.6 cm³/mol. The molecule has 2 rings (SSSR count). The van der Waals surface area contributed by atoms with Crippen molar-refractivity contribution < 1.29 is 4.79 Å². The van der Waals surface area contributed by atoms with Gasteiger partial charge < -0.3 is 10.6 Å². The monoisotopic (exact) mass is 364 g/mol. The molecule has 0 aliphatic heterocycles. The van der Waals surface area contributed by atoms with E-state index in [1.807, 2.05) is 6.07 Å². The second-order valence-corrected chi connectivity index (χ2v) is 5.38. The van der Waals surface area contributed by atoms with E-state index in [0.29, 0.717) is 32.1 Å². The normalized spacial score (nSPS) is 9.81. The second-order valence-electron chi connectivity index (χ2n) is 4.06. The maximum atomic E-state index is 12.3. The van der Waals surface area contributed by atoms with Crippen molar-refractivity contribution in [3.63, 3.8) is 0 Å². The van der Waals surface area contributed by atoms with Gasteiger partial charge in [0.05, 0.1) is 27.9 Å². The Hall–Kier alpha value is -2.10. The average molecular weight is 366 g/mol. The molecule has 0 atom stereocenters. The summed E-state index contributed by atoms with van der Waals surface area (Å²) in [6.45, 7) is 0. The molecule has 5 nitrogen and oxygen atoms in total. The fourth-order valence-corrected chi connectivity index (χ4v) is 2.25. The molecular weight excluding hydrogens is 356 g/mol. The number of pyridine rings is 1. The molecular formula is C14H10BrClN4O. The first kappa shape index (κ1) is 15.3. The first-order valence-electron chi connectivity index (χ1n) is 5.89. The number of nitriles is 1. The molecule has 1 aromatic carbocycles. The first-order chi connectivity index (χ1) is 10.0. The van der Waals surface area contributed by atoms with E-state index in [-0.39, 0.29) is 5.91 Å². The lowest BCUT2D eigenvalue weighted by atomic mass is 10.2. The van der Waals surface area contributed by atoms with Gasteiger partial charge in [-0.3, -0.25) is 4.79 Å². The van der Waals surface area contributed by atoms with Crippen LogP contribution in [0.2, 0.25) is 5.02 Å². The summed E-state index contributed by atoms with van der Waals surface area (Å²) in [5.74, 6) is 0.111. The van der Waals surface area contributed by atoms with Gasteiger partial charge >= 0.3 is 0 Å². The number of nitrogens with one attached hydrogen (secondary N) is 2. The predicted octanol–water partition coefficient (Wildman–Crippen LogP) is 3.66. The molecule has 1 heterocycles. The van der Waals surface area contributed by atoms with Crippen LogP contribution < -0.4 is 10.6 Å². The molecule has 7 heteroatoms. The third kappa shape index (κ3) is 3.51. The average Bonchev–Trinajstić information content (AvgIpc) is 2.49. The van der Waals surface area contributed by atoms with Crippen molar-refractivity contribution in [1.29, 1.82) is 5.26 Å². The number of rotatable bonds is 3. The van der Waals surface area contributed by atoms with Crippen molar-refractivity contribution in [1.82, 2.24) is 4.98 Å². The van der Waals surface area contributed by atoms with Crippen LogP contribution in [0.15, 0.2) is 34.9 Å². The van der Waals surface area contributed by atoms with Crippen molar-refractivity contribution >= 4 is 44.9 Å². The number of halogens is 2. The van der Waals surface area contributed by atoms with Crippen LogP contribution in [0.5, 0.6) is 0 Å². The van der Waals surface area contributed by atoms with Crippen molar-refractivity contribution in [2.75, 3.05) is 17.7 Å². The van der Waals surface area contributed by atoms with Crippen molar-refractivity contribution in [3.8, 4) is 6.07 Å². The Morgan fingerprint density at radius 1 is 1.43 bits per heavy atom. The number of hydrogen-bond donors (Lipinski definition) is 2. The van der Waals surface area contributed by atoms with Gasteiger partial charge in [0.25, 0.3) is 5.91 Å². The summed E-state index contributed by atoms with van der Waals surface area (Å²) < 4.78 is 0.692. The number of carbonyl (C=O) groups is 1. The molecule has 0 aliphatic rings. The minimum atomic E-state index is -0.347. The standard InChI is InChI=1S/C14H10BrClN4O/c1-18-13-10(5-9(15)7-19-13)14(21)20-12-3-2-8(6-17)4-11(12)16/h2-5,7H,1H3,(H,18,19)(H,20,21). The molecule has 0 spiro atoms. The minimum absolute atomic E-state index is 0.302. The van der Waals surface area contributed by atoms with Crippen LogP contribution in [0.3, 0.4) is 0 Å². The van der Waals surface area contributed by atoms with Gasteiger partial charge in [-0.2, -0.15) is 5.26 Å². The van der Waals surface area contributed by atoms with E-state index < -0.39 is 0 Å². The summed E-state index contributed by atoms with van der Waals surface area (Å²) in [5.41, 5.74) is 1.24. The second kappa shape index (κ2) is 6.57. The van der Waals surface area contributed by atoms with Gasteiger partial charge in [-0.15, -0.1) is 0 Å². The van der Waals surface area contributed by atoms with Gasteiger partial charge in [-0.1, -0.05) is 11.6 Å². The molecule has 0 bridgehead atoms. The molecule has 2 N–H and O–H groups in total. The number of amides is 1. The molecule has 106 valence electrons. The quantitative estimate of drug-likeness (QED) is 0.870. The SMILES string of the molecule is CNc1ncc(Br)cc1C(=O)Nc1ccc(C#N)cc1Cl. The van der Waals surface area contributed by atoms with E-state index in [1.165, 1.54) is 6.07 Å². The molecule has 1 amide bonds. The fourth-order valence-electron chi connectivity index (χ4n) is 1.69. The lowest BCUT2D eigenvalue weighted by molar-refractivity contribution is 0.102. The Bertz CT molecular complexity index is 742. The molecule has 0 aliphatic carbocycles. The number of nitrogens with zero attached hydrogens (tertiary/aromatic N) is 2. The zero-order valence-corrected chi connectivity index (χ0v) is 13.3. The maximum absolute atomic E-state index is 12.3. The first-order valence-corrected chi connectivity index (χ1v) is 7.06. The van der Waals surface area contributed by atoms with Gasteiger partial charge in [-0.25, -0.2) is 4.98 Å². The van der Waals surface area contributed by atoms with Crippen LogP contribution in [0.4, 0.5) is 11.5 Å². The van der Waals surface area contributed by atoms with Crippen LogP contribution in [-0.2, 0) is 0 Å². The molecule has 0 saturated heterocycles. The van der Waals surface area contributed by atoms with E-state index in [1.54, 1.807) is 31.4 Å². The Balaban J connectivity index is 2.30. The number of aromatic nitrogens is 1. The summed E-state index contributed by atoms with van der Waals surface area (Å²) in [5, 5.41) is 14.6. The van der Waals surface area contributed by atoms with E-state index >= 15 is 0 Å². The fraction of sp³-hybridized carbons (Fsp3) is 0.0714. The maximum Gasteiger partial charge on any atom is 0.259 e. The van der Waals surface area contributed by atoms with E-state index in [0.717, 1.165) is 0 Å². The third-order valence-electron chi connectivity index (χ3n) is 2.68. The minimum Gasteiger partial charge on any atom is -0.372 e. The Labute approximate surface area is 135 Å². The largest absolute Gasteiger partial charge is 0.372 e. The van der Waals surface area contributed by atoms with Gasteiger partial charge in [0.2, 0.25) is 0 Å². The van der Waals surface area contributed by atoms with Crippen LogP contribution in [-0.4, -0.2) is 17.9 Å². The molecule has 1 aromatic heterocycles. The van der Waals surface area contributed by atoms with Gasteiger partial charge in [0.15, 0.2) is 0 Å². The van der Waals surface area contributed by atoms with E-state index in [4.69, 9.17) is 16.9 Å². The third-order valence-corrected chi connectivity index (χ3v) is 3.43. The summed E-state index contributed by atoms with van der Waals surface area (Å²) in [4.78, 5) is 16.4. The topological polar surface area (TPSA) is 77.8 Å². The van der Waals surface area contributed by atoms with E-state index in [2.05, 4.69) is 31.5 Å². The van der Waals surface area contributed by atoms with Crippen molar-refractivity contribution in [2.45, 2.75) is 0 Å². The van der Waals surface area contributed by atoms with Crippen molar-refractivity contribution in [3.05, 3.63) is 51.1 Å². The van der Waals surface area contributed by atoms with Crippen LogP contribution in [0.25, 0.3) is 0 Å². The van der Waals surface area contributed by atoms with Gasteiger partial charge in [0.1, 0.15) is 5.82 Å². The molecule has 2 aromatic rings. The zero-order valence-electron chi connectivity index (χ0n) is 10.9. The van der Waals surface area contributed by atoms with Crippen LogP contribution >= 0.6 is 27.5 Å². The number of benzene rings is 1. The molecule has 0 radical (unpaired) electrons. The number of anilines is 2. The molecule has 0 saturated carbocycles. The van der Waals surface area contributed by atoms with Gasteiger partial charge in [-0.05, 0) is 40.2 Å². The van der Waals surface area contributed by atoms with Crippen molar-refractivity contribution in [2.24, 2.45) is 0 Å². The highest BCUT2D eigenvalue weighted by Crippen LogP contribution is 2.25. The van der Waals surface area contributed by atoms with Gasteiger partial charge in [0, 0.05) is 17.7 Å². The lowest BCUT2D eigenvalue weighted by Crippen LogP contribution is -2.15. The van der Waals surface area contributed by atoms with Crippen LogP contribution in [0, 0.1) is 11.3 Å². The molecule has 0 fully saturated rings. The molecule has 0 unspecified atom stereocenters. The van der Waals surface area contributed by atoms with Crippen LogP contribution in [0.1, 0.15) is 15.9 Å². The number of hydrogen-bond acceptors (Lipinski definition) is 4. The Morgan fingerprint density at radius 2 is 2.19 bits per heavy atom. The number of carbonyl (C=O) groups excluding carboxylic acids is 1.